The van der Waals surface area contributed by atoms with Gasteiger partial charge < -0.3 is 4.74 Å². The average Bonchev–Trinajstić information content (AvgIpc) is 2.83. The van der Waals surface area contributed by atoms with Gasteiger partial charge in [0.2, 0.25) is 5.69 Å². The first-order chi connectivity index (χ1) is 8.96. The van der Waals surface area contributed by atoms with Crippen LogP contribution in [0.4, 0.5) is 0 Å². The lowest BCUT2D eigenvalue weighted by atomic mass is 10.0. The summed E-state index contributed by atoms with van der Waals surface area (Å²) in [4.78, 5) is 0. The molecular weight excluding hydrogens is 238 g/mol. The van der Waals surface area contributed by atoms with Gasteiger partial charge in [0.05, 0.1) is 12.2 Å². The fourth-order valence-corrected chi connectivity index (χ4v) is 3.55. The van der Waals surface area contributed by atoms with E-state index in [1.807, 2.05) is 0 Å². The molecule has 0 amide bonds. The predicted molar refractivity (Wildman–Crippen MR) is 72.6 cm³/mol. The first-order valence-corrected chi connectivity index (χ1v) is 7.52. The van der Waals surface area contributed by atoms with E-state index in [0.717, 1.165) is 37.2 Å². The zero-order valence-corrected chi connectivity index (χ0v) is 12.6. The molecule has 3 rings (SSSR count). The minimum atomic E-state index is -0.00263. The number of nitrogens with one attached hydrogen (secondary N) is 1. The number of aromatic nitrogens is 3. The van der Waals surface area contributed by atoms with Crippen LogP contribution in [0.3, 0.4) is 0 Å². The zero-order chi connectivity index (χ0) is 13.6. The first kappa shape index (κ1) is 13.1. The molecule has 1 aromatic rings. The number of nitrogens with zero attached hydrogens (tertiary/aromatic N) is 2. The van der Waals surface area contributed by atoms with Crippen molar-refractivity contribution in [1.82, 2.24) is 10.3 Å². The molecule has 0 radical (unpaired) electrons. The highest BCUT2D eigenvalue weighted by Gasteiger charge is 2.50. The molecule has 2 aliphatic rings. The molecule has 106 valence electrons. The van der Waals surface area contributed by atoms with Crippen molar-refractivity contribution < 1.29 is 9.42 Å². The normalized spacial score (nSPS) is 30.2. The first-order valence-electron chi connectivity index (χ1n) is 7.52. The third kappa shape index (κ3) is 2.69. The second kappa shape index (κ2) is 4.58. The SMILES string of the molecule is C[n+]1[nH]nc2c1CCC1C(CC2)C1COC(C)(C)C. The largest absolute Gasteiger partial charge is 0.376 e. The molecule has 0 saturated heterocycles. The number of hydrogen-bond donors (Lipinski definition) is 1. The van der Waals surface area contributed by atoms with Gasteiger partial charge in [-0.2, -0.15) is 4.68 Å². The molecule has 0 aromatic carbocycles. The minimum absolute atomic E-state index is 0.00263. The van der Waals surface area contributed by atoms with Crippen LogP contribution >= 0.6 is 0 Å². The predicted octanol–water partition coefficient (Wildman–Crippen LogP) is 1.79. The van der Waals surface area contributed by atoms with E-state index in [-0.39, 0.29) is 5.60 Å². The van der Waals surface area contributed by atoms with Crippen LogP contribution in [0.25, 0.3) is 0 Å². The van der Waals surface area contributed by atoms with Gasteiger partial charge in [-0.05, 0) is 51.4 Å². The third-order valence-electron chi connectivity index (χ3n) is 4.72. The summed E-state index contributed by atoms with van der Waals surface area (Å²) in [5.74, 6) is 2.54. The molecule has 0 spiro atoms. The van der Waals surface area contributed by atoms with Gasteiger partial charge in [0.25, 0.3) is 0 Å². The van der Waals surface area contributed by atoms with Crippen LogP contribution in [0.5, 0.6) is 0 Å². The summed E-state index contributed by atoms with van der Waals surface area (Å²) in [6.07, 6.45) is 4.86. The van der Waals surface area contributed by atoms with Crippen LogP contribution in [0.1, 0.15) is 45.0 Å². The molecule has 1 N–H and O–H groups in total. The Bertz CT molecular complexity index is 460. The summed E-state index contributed by atoms with van der Waals surface area (Å²) >= 11 is 0. The number of aryl methyl sites for hydroxylation is 2. The van der Waals surface area contributed by atoms with Gasteiger partial charge in [-0.15, -0.1) is 0 Å². The molecule has 1 aromatic heterocycles. The van der Waals surface area contributed by atoms with Crippen molar-refractivity contribution in [2.75, 3.05) is 6.61 Å². The van der Waals surface area contributed by atoms with E-state index >= 15 is 0 Å². The summed E-state index contributed by atoms with van der Waals surface area (Å²) in [5, 5.41) is 7.49. The minimum Gasteiger partial charge on any atom is -0.376 e. The van der Waals surface area contributed by atoms with E-state index in [2.05, 4.69) is 42.8 Å². The Morgan fingerprint density at radius 2 is 1.95 bits per heavy atom. The fraction of sp³-hybridized carbons (Fsp3) is 0.867. The van der Waals surface area contributed by atoms with Crippen molar-refractivity contribution in [3.8, 4) is 0 Å². The molecule has 0 bridgehead atoms. The Kier molecular flexibility index (Phi) is 3.16. The maximum atomic E-state index is 5.98. The van der Waals surface area contributed by atoms with Crippen LogP contribution in [0, 0.1) is 17.8 Å². The van der Waals surface area contributed by atoms with Gasteiger partial charge in [-0.25, -0.2) is 0 Å². The van der Waals surface area contributed by atoms with Gasteiger partial charge in [0.1, 0.15) is 7.05 Å². The zero-order valence-electron chi connectivity index (χ0n) is 12.6. The van der Waals surface area contributed by atoms with Gasteiger partial charge in [-0.1, -0.05) is 5.21 Å². The summed E-state index contributed by atoms with van der Waals surface area (Å²) in [7, 11) is 2.07. The molecule has 19 heavy (non-hydrogen) atoms. The molecule has 2 aliphatic carbocycles. The standard InChI is InChI=1S/C15H25N3O/c1-15(2,3)19-9-12-10-5-7-13-14(8-6-11(10)12)18(4)17-16-13/h10-12H,5-9H2,1-4H3/p+1. The Labute approximate surface area is 115 Å². The Balaban J connectivity index is 1.60. The third-order valence-corrected chi connectivity index (χ3v) is 4.72. The lowest BCUT2D eigenvalue weighted by Gasteiger charge is -2.19. The molecule has 1 heterocycles. The molecule has 3 atom stereocenters. The van der Waals surface area contributed by atoms with E-state index < -0.39 is 0 Å². The highest BCUT2D eigenvalue weighted by atomic mass is 16.5. The molecule has 4 nitrogen and oxygen atoms in total. The summed E-state index contributed by atoms with van der Waals surface area (Å²) < 4.78 is 8.06. The molecular formula is C15H26N3O+. The van der Waals surface area contributed by atoms with Crippen LogP contribution in [-0.4, -0.2) is 22.5 Å². The molecule has 1 saturated carbocycles. The Morgan fingerprint density at radius 1 is 1.26 bits per heavy atom. The molecule has 4 heteroatoms. The van der Waals surface area contributed by atoms with Crippen molar-refractivity contribution in [3.05, 3.63) is 11.4 Å². The van der Waals surface area contributed by atoms with Crippen molar-refractivity contribution in [2.45, 2.75) is 52.1 Å². The van der Waals surface area contributed by atoms with Crippen LogP contribution < -0.4 is 4.68 Å². The molecule has 3 unspecified atom stereocenters. The van der Waals surface area contributed by atoms with Gasteiger partial charge in [0, 0.05) is 17.9 Å². The Morgan fingerprint density at radius 3 is 2.63 bits per heavy atom. The quantitative estimate of drug-likeness (QED) is 0.828. The molecule has 1 fully saturated rings. The summed E-state index contributed by atoms with van der Waals surface area (Å²) in [6.45, 7) is 7.38. The average molecular weight is 264 g/mol. The van der Waals surface area contributed by atoms with Crippen LogP contribution in [0.2, 0.25) is 0 Å². The van der Waals surface area contributed by atoms with Crippen molar-refractivity contribution in [1.29, 1.82) is 0 Å². The number of H-pyrrole nitrogens is 1. The van der Waals surface area contributed by atoms with Crippen LogP contribution in [-0.2, 0) is 24.6 Å². The highest BCUT2D eigenvalue weighted by molar-refractivity contribution is 5.10. The Hall–Kier alpha value is -0.900. The van der Waals surface area contributed by atoms with E-state index in [0.29, 0.717) is 0 Å². The van der Waals surface area contributed by atoms with Gasteiger partial charge in [-0.3, -0.25) is 0 Å². The van der Waals surface area contributed by atoms with Crippen LogP contribution in [0.15, 0.2) is 0 Å². The fourth-order valence-electron chi connectivity index (χ4n) is 3.55. The van der Waals surface area contributed by atoms with Crippen molar-refractivity contribution >= 4 is 0 Å². The van der Waals surface area contributed by atoms with Gasteiger partial charge >= 0.3 is 0 Å². The maximum Gasteiger partial charge on any atom is 0.221 e. The van der Waals surface area contributed by atoms with E-state index in [1.54, 1.807) is 0 Å². The monoisotopic (exact) mass is 264 g/mol. The maximum absolute atomic E-state index is 5.98. The number of fused-ring (bicyclic) bond motifs is 2. The molecule has 0 aliphatic heterocycles. The lowest BCUT2D eigenvalue weighted by Crippen LogP contribution is -2.35. The van der Waals surface area contributed by atoms with E-state index in [9.17, 15) is 0 Å². The number of hydrogen-bond acceptors (Lipinski definition) is 2. The second-order valence-electron chi connectivity index (χ2n) is 7.16. The number of rotatable bonds is 2. The van der Waals surface area contributed by atoms with E-state index in [1.165, 1.54) is 24.2 Å². The smallest absolute Gasteiger partial charge is 0.221 e. The lowest BCUT2D eigenvalue weighted by molar-refractivity contribution is -0.737. The highest BCUT2D eigenvalue weighted by Crippen LogP contribution is 2.53. The van der Waals surface area contributed by atoms with Crippen molar-refractivity contribution in [3.63, 3.8) is 0 Å². The summed E-state index contributed by atoms with van der Waals surface area (Å²) in [5.41, 5.74) is 2.68. The number of ether oxygens (including phenoxy) is 1. The van der Waals surface area contributed by atoms with E-state index in [4.69, 9.17) is 4.74 Å². The topological polar surface area (TPSA) is 41.8 Å². The number of aromatic amines is 1. The summed E-state index contributed by atoms with van der Waals surface area (Å²) in [6, 6.07) is 0. The second-order valence-corrected chi connectivity index (χ2v) is 7.16. The van der Waals surface area contributed by atoms with Crippen molar-refractivity contribution in [2.24, 2.45) is 24.8 Å². The van der Waals surface area contributed by atoms with Gasteiger partial charge in [0.15, 0.2) is 5.69 Å².